The maximum absolute atomic E-state index is 10.5. The molecule has 0 fully saturated rings. The standard InChI is InChI=1S/C8H10N2O3/c1-9(2)13-8-6-4-3-5-7(8)10(11)12/h3-6H,1-2H3. The van der Waals surface area contributed by atoms with Gasteiger partial charge in [0.05, 0.1) is 4.92 Å². The summed E-state index contributed by atoms with van der Waals surface area (Å²) < 4.78 is 0. The normalized spacial score (nSPS) is 10.1. The Kier molecular flexibility index (Phi) is 2.81. The molecule has 0 saturated heterocycles. The lowest BCUT2D eigenvalue weighted by Crippen LogP contribution is -2.16. The van der Waals surface area contributed by atoms with Crippen molar-refractivity contribution in [2.24, 2.45) is 0 Å². The van der Waals surface area contributed by atoms with Crippen molar-refractivity contribution in [2.75, 3.05) is 14.1 Å². The zero-order chi connectivity index (χ0) is 9.84. The van der Waals surface area contributed by atoms with E-state index in [0.29, 0.717) is 0 Å². The van der Waals surface area contributed by atoms with E-state index in [2.05, 4.69) is 0 Å². The average molecular weight is 182 g/mol. The fourth-order valence-electron chi connectivity index (χ4n) is 0.882. The maximum Gasteiger partial charge on any atom is 0.313 e. The molecule has 0 N–H and O–H groups in total. The second-order valence-corrected chi connectivity index (χ2v) is 2.63. The lowest BCUT2D eigenvalue weighted by atomic mass is 10.3. The number of nitro groups is 1. The lowest BCUT2D eigenvalue weighted by molar-refractivity contribution is -0.386. The molecule has 0 aliphatic heterocycles. The van der Waals surface area contributed by atoms with Gasteiger partial charge in [0.2, 0.25) is 5.75 Å². The van der Waals surface area contributed by atoms with E-state index in [1.54, 1.807) is 32.3 Å². The molecule has 0 radical (unpaired) electrons. The molecule has 70 valence electrons. The fourth-order valence-corrected chi connectivity index (χ4v) is 0.882. The number of para-hydroxylation sites is 2. The van der Waals surface area contributed by atoms with E-state index in [0.717, 1.165) is 0 Å². The predicted molar refractivity (Wildman–Crippen MR) is 47.4 cm³/mol. The second-order valence-electron chi connectivity index (χ2n) is 2.63. The van der Waals surface area contributed by atoms with Gasteiger partial charge in [-0.3, -0.25) is 10.1 Å². The molecule has 0 atom stereocenters. The summed E-state index contributed by atoms with van der Waals surface area (Å²) in [4.78, 5) is 15.1. The molecule has 0 saturated carbocycles. The molecule has 5 nitrogen and oxygen atoms in total. The van der Waals surface area contributed by atoms with Gasteiger partial charge in [-0.05, 0) is 6.07 Å². The zero-order valence-electron chi connectivity index (χ0n) is 7.43. The summed E-state index contributed by atoms with van der Waals surface area (Å²) >= 11 is 0. The Hall–Kier alpha value is -1.62. The fraction of sp³-hybridized carbons (Fsp3) is 0.250. The molecule has 0 aliphatic carbocycles. The minimum Gasteiger partial charge on any atom is -0.399 e. The minimum absolute atomic E-state index is 0.0313. The highest BCUT2D eigenvalue weighted by atomic mass is 16.7. The van der Waals surface area contributed by atoms with Gasteiger partial charge in [0.25, 0.3) is 0 Å². The molecule has 0 heterocycles. The van der Waals surface area contributed by atoms with E-state index in [4.69, 9.17) is 4.84 Å². The van der Waals surface area contributed by atoms with Crippen LogP contribution in [0.5, 0.6) is 5.75 Å². The Balaban J connectivity index is 2.98. The van der Waals surface area contributed by atoms with Gasteiger partial charge in [-0.2, -0.15) is 0 Å². The maximum atomic E-state index is 10.5. The first-order chi connectivity index (χ1) is 6.11. The smallest absolute Gasteiger partial charge is 0.313 e. The molecule has 1 aromatic rings. The van der Waals surface area contributed by atoms with Gasteiger partial charge in [-0.1, -0.05) is 12.1 Å². The van der Waals surface area contributed by atoms with Crippen molar-refractivity contribution in [1.29, 1.82) is 0 Å². The van der Waals surface area contributed by atoms with Crippen molar-refractivity contribution in [3.8, 4) is 5.75 Å². The first kappa shape index (κ1) is 9.47. The SMILES string of the molecule is CN(C)Oc1ccccc1[N+](=O)[O-]. The minimum atomic E-state index is -0.473. The molecule has 1 aromatic carbocycles. The average Bonchev–Trinajstić information content (AvgIpc) is 2.03. The third kappa shape index (κ3) is 2.41. The number of hydrogen-bond acceptors (Lipinski definition) is 4. The summed E-state index contributed by atoms with van der Waals surface area (Å²) in [5.74, 6) is 0.248. The zero-order valence-corrected chi connectivity index (χ0v) is 7.43. The van der Waals surface area contributed by atoms with Crippen LogP contribution in [-0.2, 0) is 0 Å². The summed E-state index contributed by atoms with van der Waals surface area (Å²) in [6.07, 6.45) is 0. The summed E-state index contributed by atoms with van der Waals surface area (Å²) in [5.41, 5.74) is -0.0313. The van der Waals surface area contributed by atoms with Gasteiger partial charge < -0.3 is 4.84 Å². The van der Waals surface area contributed by atoms with Gasteiger partial charge in [-0.25, -0.2) is 0 Å². The molecule has 0 amide bonds. The highest BCUT2D eigenvalue weighted by molar-refractivity contribution is 5.45. The Morgan fingerprint density at radius 2 is 2.00 bits per heavy atom. The van der Waals surface area contributed by atoms with Crippen LogP contribution in [0.3, 0.4) is 0 Å². The summed E-state index contributed by atoms with van der Waals surface area (Å²) in [5, 5.41) is 11.9. The van der Waals surface area contributed by atoms with Crippen LogP contribution in [0.1, 0.15) is 0 Å². The number of rotatable bonds is 3. The van der Waals surface area contributed by atoms with Gasteiger partial charge in [0.1, 0.15) is 0 Å². The summed E-state index contributed by atoms with van der Waals surface area (Å²) in [6, 6.07) is 6.24. The van der Waals surface area contributed by atoms with E-state index >= 15 is 0 Å². The van der Waals surface area contributed by atoms with Crippen LogP contribution in [0.2, 0.25) is 0 Å². The van der Waals surface area contributed by atoms with Crippen molar-refractivity contribution in [3.05, 3.63) is 34.4 Å². The molecule has 13 heavy (non-hydrogen) atoms. The second kappa shape index (κ2) is 3.86. The largest absolute Gasteiger partial charge is 0.399 e. The summed E-state index contributed by atoms with van der Waals surface area (Å²) in [7, 11) is 3.33. The Labute approximate surface area is 75.6 Å². The third-order valence-corrected chi connectivity index (χ3v) is 1.34. The van der Waals surface area contributed by atoms with Crippen LogP contribution in [-0.4, -0.2) is 24.1 Å². The lowest BCUT2D eigenvalue weighted by Gasteiger charge is -2.11. The van der Waals surface area contributed by atoms with Crippen LogP contribution < -0.4 is 4.84 Å². The quantitative estimate of drug-likeness (QED) is 0.524. The number of hydroxylamine groups is 2. The van der Waals surface area contributed by atoms with Crippen LogP contribution in [0, 0.1) is 10.1 Å². The number of nitro benzene ring substituents is 1. The number of nitrogens with zero attached hydrogens (tertiary/aromatic N) is 2. The van der Waals surface area contributed by atoms with Crippen LogP contribution >= 0.6 is 0 Å². The van der Waals surface area contributed by atoms with Crippen molar-refractivity contribution in [2.45, 2.75) is 0 Å². The van der Waals surface area contributed by atoms with Crippen molar-refractivity contribution in [3.63, 3.8) is 0 Å². The number of hydrogen-bond donors (Lipinski definition) is 0. The molecule has 0 bridgehead atoms. The third-order valence-electron chi connectivity index (χ3n) is 1.34. The summed E-state index contributed by atoms with van der Waals surface area (Å²) in [6.45, 7) is 0. The van der Waals surface area contributed by atoms with Crippen LogP contribution in [0.25, 0.3) is 0 Å². The predicted octanol–water partition coefficient (Wildman–Crippen LogP) is 1.45. The first-order valence-corrected chi connectivity index (χ1v) is 3.70. The molecule has 1 rings (SSSR count). The topological polar surface area (TPSA) is 55.6 Å². The van der Waals surface area contributed by atoms with Crippen molar-refractivity contribution < 1.29 is 9.76 Å². The van der Waals surface area contributed by atoms with E-state index in [9.17, 15) is 10.1 Å². The van der Waals surface area contributed by atoms with Gasteiger partial charge >= 0.3 is 5.69 Å². The molecule has 5 heteroatoms. The monoisotopic (exact) mass is 182 g/mol. The van der Waals surface area contributed by atoms with Crippen LogP contribution in [0.4, 0.5) is 5.69 Å². The van der Waals surface area contributed by atoms with Gasteiger partial charge in [-0.15, -0.1) is 5.06 Å². The first-order valence-electron chi connectivity index (χ1n) is 3.70. The molecule has 0 aliphatic rings. The molecule has 0 unspecified atom stereocenters. The van der Waals surface area contributed by atoms with E-state index in [1.165, 1.54) is 11.1 Å². The Morgan fingerprint density at radius 3 is 2.54 bits per heavy atom. The Morgan fingerprint density at radius 1 is 1.38 bits per heavy atom. The van der Waals surface area contributed by atoms with Crippen molar-refractivity contribution in [1.82, 2.24) is 5.06 Å². The Bertz CT molecular complexity index is 312. The molecule has 0 aromatic heterocycles. The molecular weight excluding hydrogens is 172 g/mol. The van der Waals surface area contributed by atoms with E-state index < -0.39 is 4.92 Å². The highest BCUT2D eigenvalue weighted by Gasteiger charge is 2.14. The van der Waals surface area contributed by atoms with Gasteiger partial charge in [0.15, 0.2) is 0 Å². The number of benzene rings is 1. The van der Waals surface area contributed by atoms with Crippen molar-refractivity contribution >= 4 is 5.69 Å². The molecule has 0 spiro atoms. The van der Waals surface area contributed by atoms with E-state index in [1.807, 2.05) is 0 Å². The van der Waals surface area contributed by atoms with Gasteiger partial charge in [0, 0.05) is 20.2 Å². The van der Waals surface area contributed by atoms with E-state index in [-0.39, 0.29) is 11.4 Å². The molecular formula is C8H10N2O3. The highest BCUT2D eigenvalue weighted by Crippen LogP contribution is 2.25. The van der Waals surface area contributed by atoms with Crippen LogP contribution in [0.15, 0.2) is 24.3 Å².